The third kappa shape index (κ3) is 7.07. The van der Waals surface area contributed by atoms with Gasteiger partial charge in [-0.25, -0.2) is 4.79 Å². The Hall–Kier alpha value is -3.39. The Morgan fingerprint density at radius 3 is 2.36 bits per heavy atom. The van der Waals surface area contributed by atoms with E-state index < -0.39 is 44.9 Å². The number of amides is 2. The number of carbonyl (C=O) groups is 2. The third-order valence-electron chi connectivity index (χ3n) is 4.51. The summed E-state index contributed by atoms with van der Waals surface area (Å²) >= 11 is 1.28. The molecule has 1 aromatic carbocycles. The van der Waals surface area contributed by atoms with Gasteiger partial charge in [-0.15, -0.1) is 11.3 Å². The predicted octanol–water partition coefficient (Wildman–Crippen LogP) is 4.77. The van der Waals surface area contributed by atoms with Crippen LogP contribution in [0.25, 0.3) is 10.1 Å². The molecule has 1 unspecified atom stereocenters. The van der Waals surface area contributed by atoms with Gasteiger partial charge >= 0.3 is 21.7 Å². The summed E-state index contributed by atoms with van der Waals surface area (Å²) in [6.45, 7) is 4.79. The largest absolute Gasteiger partial charge is 0.534 e. The van der Waals surface area contributed by atoms with E-state index >= 15 is 0 Å². The molecule has 2 heterocycles. The van der Waals surface area contributed by atoms with Crippen molar-refractivity contribution in [2.24, 2.45) is 0 Å². The van der Waals surface area contributed by atoms with Gasteiger partial charge in [0.2, 0.25) is 5.91 Å². The SMILES string of the molecule is CC(C)(C)OC(=O)NCC(C(=O)Nc1cc2ccncc2s1)c1ccc(OS(=O)(=O)C(F)(F)F)cc1. The van der Waals surface area contributed by atoms with Crippen molar-refractivity contribution in [3.05, 3.63) is 54.4 Å². The molecule has 0 saturated heterocycles. The lowest BCUT2D eigenvalue weighted by atomic mass is 9.98. The van der Waals surface area contributed by atoms with E-state index in [9.17, 15) is 31.2 Å². The molecule has 0 fully saturated rings. The van der Waals surface area contributed by atoms with Gasteiger partial charge in [0.15, 0.2) is 0 Å². The van der Waals surface area contributed by atoms with Gasteiger partial charge in [-0.2, -0.15) is 21.6 Å². The van der Waals surface area contributed by atoms with E-state index in [4.69, 9.17) is 4.74 Å². The molecule has 2 aromatic heterocycles. The summed E-state index contributed by atoms with van der Waals surface area (Å²) in [4.78, 5) is 29.3. The molecule has 194 valence electrons. The first-order chi connectivity index (χ1) is 16.6. The zero-order chi connectivity index (χ0) is 26.7. The van der Waals surface area contributed by atoms with Crippen molar-refractivity contribution in [1.82, 2.24) is 10.3 Å². The molecule has 36 heavy (non-hydrogen) atoms. The van der Waals surface area contributed by atoms with Gasteiger partial charge in [0.05, 0.1) is 15.6 Å². The first-order valence-corrected chi connectivity index (χ1v) is 12.6. The molecule has 0 aliphatic rings. The first-order valence-electron chi connectivity index (χ1n) is 10.4. The Bertz CT molecular complexity index is 1320. The number of thiophene rings is 1. The maximum atomic E-state index is 13.1. The average molecular weight is 546 g/mol. The normalized spacial score (nSPS) is 13.2. The van der Waals surface area contributed by atoms with E-state index in [1.165, 1.54) is 23.5 Å². The highest BCUT2D eigenvalue weighted by Gasteiger charge is 2.48. The van der Waals surface area contributed by atoms with Crippen LogP contribution in [-0.2, 0) is 19.6 Å². The predicted molar refractivity (Wildman–Crippen MR) is 127 cm³/mol. The molecule has 2 amide bonds. The number of rotatable bonds is 7. The summed E-state index contributed by atoms with van der Waals surface area (Å²) in [5.41, 5.74) is -6.09. The number of alkyl carbamates (subject to hydrolysis) is 1. The maximum absolute atomic E-state index is 13.1. The summed E-state index contributed by atoms with van der Waals surface area (Å²) in [5.74, 6) is -2.12. The van der Waals surface area contributed by atoms with E-state index in [2.05, 4.69) is 19.8 Å². The fourth-order valence-corrected chi connectivity index (χ4v) is 4.34. The lowest BCUT2D eigenvalue weighted by Gasteiger charge is -2.22. The van der Waals surface area contributed by atoms with Crippen LogP contribution in [0.2, 0.25) is 0 Å². The number of carbonyl (C=O) groups excluding carboxylic acids is 2. The number of nitrogens with zero attached hydrogens (tertiary/aromatic N) is 1. The summed E-state index contributed by atoms with van der Waals surface area (Å²) in [5, 5.41) is 6.64. The quantitative estimate of drug-likeness (QED) is 0.324. The fraction of sp³-hybridized carbons (Fsp3) is 0.318. The minimum Gasteiger partial charge on any atom is -0.444 e. The van der Waals surface area contributed by atoms with Gasteiger partial charge in [-0.05, 0) is 56.0 Å². The molecule has 0 bridgehead atoms. The van der Waals surface area contributed by atoms with Crippen LogP contribution in [0.15, 0.2) is 48.8 Å². The number of hydrogen-bond donors (Lipinski definition) is 2. The standard InChI is InChI=1S/C22H22F3N3O6S2/c1-21(2,3)33-20(30)27-11-16(19(29)28-18-10-14-8-9-26-12-17(14)35-18)13-4-6-15(7-5-13)34-36(31,32)22(23,24)25/h4-10,12,16H,11H2,1-3H3,(H,27,30)(H,28,29). The van der Waals surface area contributed by atoms with Crippen molar-refractivity contribution in [3.63, 3.8) is 0 Å². The van der Waals surface area contributed by atoms with Crippen LogP contribution in [0.4, 0.5) is 23.0 Å². The molecule has 3 aromatic rings. The van der Waals surface area contributed by atoms with Crippen molar-refractivity contribution >= 4 is 48.5 Å². The molecule has 0 radical (unpaired) electrons. The van der Waals surface area contributed by atoms with Crippen LogP contribution in [0.3, 0.4) is 0 Å². The van der Waals surface area contributed by atoms with Crippen LogP contribution in [0, 0.1) is 0 Å². The number of fused-ring (bicyclic) bond motifs is 1. The van der Waals surface area contributed by atoms with Crippen molar-refractivity contribution in [2.75, 3.05) is 11.9 Å². The topological polar surface area (TPSA) is 124 Å². The summed E-state index contributed by atoms with van der Waals surface area (Å²) in [6, 6.07) is 7.96. The number of nitrogens with one attached hydrogen (secondary N) is 2. The Labute approximate surface area is 208 Å². The van der Waals surface area contributed by atoms with Crippen LogP contribution in [0.1, 0.15) is 32.3 Å². The molecule has 0 aliphatic heterocycles. The van der Waals surface area contributed by atoms with Gasteiger partial charge in [0, 0.05) is 18.9 Å². The second-order valence-corrected chi connectivity index (χ2v) is 11.1. The molecule has 9 nitrogen and oxygen atoms in total. The number of benzene rings is 1. The zero-order valence-corrected chi connectivity index (χ0v) is 20.9. The first kappa shape index (κ1) is 27.2. The summed E-state index contributed by atoms with van der Waals surface area (Å²) in [6.07, 6.45) is 2.48. The zero-order valence-electron chi connectivity index (χ0n) is 19.3. The number of halogens is 3. The maximum Gasteiger partial charge on any atom is 0.534 e. The number of aromatic nitrogens is 1. The number of alkyl halides is 3. The molecule has 1 atom stereocenters. The van der Waals surface area contributed by atoms with Crippen LogP contribution in [-0.4, -0.2) is 43.1 Å². The van der Waals surface area contributed by atoms with Crippen molar-refractivity contribution in [1.29, 1.82) is 0 Å². The Balaban J connectivity index is 1.82. The van der Waals surface area contributed by atoms with Crippen molar-refractivity contribution in [2.45, 2.75) is 37.8 Å². The number of pyridine rings is 1. The fourth-order valence-electron chi connectivity index (χ4n) is 2.95. The van der Waals surface area contributed by atoms with Crippen LogP contribution >= 0.6 is 11.3 Å². The van der Waals surface area contributed by atoms with E-state index in [1.807, 2.05) is 0 Å². The molecule has 3 rings (SSSR count). The number of ether oxygens (including phenoxy) is 1. The Kier molecular flexibility index (Phi) is 7.79. The van der Waals surface area contributed by atoms with Gasteiger partial charge in [0.25, 0.3) is 0 Å². The van der Waals surface area contributed by atoms with Gasteiger partial charge < -0.3 is 19.6 Å². The van der Waals surface area contributed by atoms with Gasteiger partial charge in [-0.3, -0.25) is 9.78 Å². The highest BCUT2D eigenvalue weighted by molar-refractivity contribution is 7.88. The second-order valence-electron chi connectivity index (χ2n) is 8.50. The van der Waals surface area contributed by atoms with Crippen LogP contribution < -0.4 is 14.8 Å². The van der Waals surface area contributed by atoms with Gasteiger partial charge in [0.1, 0.15) is 11.4 Å². The summed E-state index contributed by atoms with van der Waals surface area (Å²) in [7, 11) is -5.85. The average Bonchev–Trinajstić information content (AvgIpc) is 3.15. The monoisotopic (exact) mass is 545 g/mol. The minimum atomic E-state index is -5.85. The molecular formula is C22H22F3N3O6S2. The van der Waals surface area contributed by atoms with Gasteiger partial charge in [-0.1, -0.05) is 12.1 Å². The molecule has 14 heteroatoms. The number of anilines is 1. The smallest absolute Gasteiger partial charge is 0.444 e. The van der Waals surface area contributed by atoms with E-state index in [0.29, 0.717) is 5.00 Å². The van der Waals surface area contributed by atoms with E-state index in [0.717, 1.165) is 22.2 Å². The van der Waals surface area contributed by atoms with Crippen molar-refractivity contribution in [3.8, 4) is 5.75 Å². The molecule has 0 spiro atoms. The summed E-state index contributed by atoms with van der Waals surface area (Å²) < 4.78 is 70.4. The number of hydrogen-bond acceptors (Lipinski definition) is 8. The lowest BCUT2D eigenvalue weighted by molar-refractivity contribution is -0.117. The lowest BCUT2D eigenvalue weighted by Crippen LogP contribution is -2.37. The molecule has 0 saturated carbocycles. The van der Waals surface area contributed by atoms with E-state index in [1.54, 1.807) is 45.3 Å². The Morgan fingerprint density at radius 1 is 1.11 bits per heavy atom. The molecular weight excluding hydrogens is 523 g/mol. The van der Waals surface area contributed by atoms with Crippen molar-refractivity contribution < 1.29 is 40.1 Å². The Morgan fingerprint density at radius 2 is 1.78 bits per heavy atom. The highest BCUT2D eigenvalue weighted by Crippen LogP contribution is 2.31. The molecule has 0 aliphatic carbocycles. The highest BCUT2D eigenvalue weighted by atomic mass is 32.2. The van der Waals surface area contributed by atoms with E-state index in [-0.39, 0.29) is 12.1 Å². The van der Waals surface area contributed by atoms with Crippen LogP contribution in [0.5, 0.6) is 5.75 Å². The molecule has 2 N–H and O–H groups in total. The third-order valence-corrected chi connectivity index (χ3v) is 6.49. The minimum absolute atomic E-state index is 0.214. The second kappa shape index (κ2) is 10.3.